The third kappa shape index (κ3) is 4.10. The normalized spacial score (nSPS) is 24.2. The number of nitrogens with one attached hydrogen (secondary N) is 1. The second-order valence-corrected chi connectivity index (χ2v) is 6.43. The molecule has 0 bridgehead atoms. The lowest BCUT2D eigenvalue weighted by atomic mass is 9.94. The van der Waals surface area contributed by atoms with Crippen LogP contribution in [0.1, 0.15) is 57.1 Å². The first-order valence-electron chi connectivity index (χ1n) is 8.13. The van der Waals surface area contributed by atoms with Gasteiger partial charge in [0.15, 0.2) is 0 Å². The SMILES string of the molecule is CCCNCc1cc(CN2CC(C)CCC2C)c(C)o1. The lowest BCUT2D eigenvalue weighted by molar-refractivity contribution is 0.117. The van der Waals surface area contributed by atoms with Crippen molar-refractivity contribution >= 4 is 0 Å². The van der Waals surface area contributed by atoms with Gasteiger partial charge in [0.05, 0.1) is 6.54 Å². The standard InChI is InChI=1S/C17H30N2O/c1-5-8-18-10-17-9-16(15(4)20-17)12-19-11-13(2)6-7-14(19)3/h9,13-14,18H,5-8,10-12H2,1-4H3. The molecule has 1 aliphatic rings. The van der Waals surface area contributed by atoms with Crippen molar-refractivity contribution in [3.05, 3.63) is 23.2 Å². The molecule has 2 unspecified atom stereocenters. The van der Waals surface area contributed by atoms with Crippen LogP contribution in [0, 0.1) is 12.8 Å². The third-order valence-corrected chi connectivity index (χ3v) is 4.42. The number of nitrogens with zero attached hydrogens (tertiary/aromatic N) is 1. The van der Waals surface area contributed by atoms with Crippen LogP contribution >= 0.6 is 0 Å². The van der Waals surface area contributed by atoms with E-state index in [1.165, 1.54) is 24.9 Å². The summed E-state index contributed by atoms with van der Waals surface area (Å²) in [6.45, 7) is 13.1. The van der Waals surface area contributed by atoms with Gasteiger partial charge in [-0.2, -0.15) is 0 Å². The van der Waals surface area contributed by atoms with Gasteiger partial charge >= 0.3 is 0 Å². The molecule has 1 aromatic rings. The van der Waals surface area contributed by atoms with E-state index in [0.717, 1.165) is 43.5 Å². The minimum absolute atomic E-state index is 0.696. The average Bonchev–Trinajstić information content (AvgIpc) is 2.75. The van der Waals surface area contributed by atoms with Gasteiger partial charge < -0.3 is 9.73 Å². The summed E-state index contributed by atoms with van der Waals surface area (Å²) < 4.78 is 5.88. The topological polar surface area (TPSA) is 28.4 Å². The van der Waals surface area contributed by atoms with Crippen molar-refractivity contribution in [1.82, 2.24) is 10.2 Å². The fraction of sp³-hybridized carbons (Fsp3) is 0.765. The van der Waals surface area contributed by atoms with Gasteiger partial charge in [-0.25, -0.2) is 0 Å². The van der Waals surface area contributed by atoms with E-state index >= 15 is 0 Å². The van der Waals surface area contributed by atoms with E-state index in [-0.39, 0.29) is 0 Å². The van der Waals surface area contributed by atoms with Crippen LogP contribution in [0.5, 0.6) is 0 Å². The van der Waals surface area contributed by atoms with Crippen molar-refractivity contribution in [3.63, 3.8) is 0 Å². The molecule has 2 heterocycles. The lowest BCUT2D eigenvalue weighted by Crippen LogP contribution is -2.40. The molecule has 114 valence electrons. The van der Waals surface area contributed by atoms with Crippen LogP contribution in [0.2, 0.25) is 0 Å². The highest BCUT2D eigenvalue weighted by molar-refractivity contribution is 5.21. The molecule has 1 aliphatic heterocycles. The van der Waals surface area contributed by atoms with Gasteiger partial charge in [0, 0.05) is 24.7 Å². The highest BCUT2D eigenvalue weighted by Gasteiger charge is 2.23. The Morgan fingerprint density at radius 3 is 2.90 bits per heavy atom. The molecule has 0 spiro atoms. The Kier molecular flexibility index (Phi) is 5.67. The maximum Gasteiger partial charge on any atom is 0.118 e. The molecular weight excluding hydrogens is 248 g/mol. The summed E-state index contributed by atoms with van der Waals surface area (Å²) in [4.78, 5) is 2.61. The van der Waals surface area contributed by atoms with E-state index in [0.29, 0.717) is 6.04 Å². The van der Waals surface area contributed by atoms with Gasteiger partial charge in [-0.05, 0) is 51.6 Å². The van der Waals surface area contributed by atoms with Gasteiger partial charge in [-0.15, -0.1) is 0 Å². The second-order valence-electron chi connectivity index (χ2n) is 6.43. The first-order chi connectivity index (χ1) is 9.60. The van der Waals surface area contributed by atoms with Gasteiger partial charge in [0.1, 0.15) is 11.5 Å². The summed E-state index contributed by atoms with van der Waals surface area (Å²) in [6.07, 6.45) is 3.85. The maximum absolute atomic E-state index is 5.88. The summed E-state index contributed by atoms with van der Waals surface area (Å²) >= 11 is 0. The van der Waals surface area contributed by atoms with Crippen LogP contribution in [0.15, 0.2) is 10.5 Å². The fourth-order valence-electron chi connectivity index (χ4n) is 3.04. The Balaban J connectivity index is 1.94. The van der Waals surface area contributed by atoms with Gasteiger partial charge in [0.25, 0.3) is 0 Å². The molecule has 0 saturated carbocycles. The Labute approximate surface area is 123 Å². The average molecular weight is 278 g/mol. The van der Waals surface area contributed by atoms with Crippen molar-refractivity contribution in [2.45, 2.75) is 66.1 Å². The Morgan fingerprint density at radius 2 is 2.15 bits per heavy atom. The van der Waals surface area contributed by atoms with Crippen molar-refractivity contribution < 1.29 is 4.42 Å². The highest BCUT2D eigenvalue weighted by atomic mass is 16.3. The molecule has 20 heavy (non-hydrogen) atoms. The number of hydrogen-bond donors (Lipinski definition) is 1. The Hall–Kier alpha value is -0.800. The number of rotatable bonds is 6. The van der Waals surface area contributed by atoms with E-state index in [2.05, 4.69) is 44.0 Å². The lowest BCUT2D eigenvalue weighted by Gasteiger charge is -2.36. The number of likely N-dealkylation sites (tertiary alicyclic amines) is 1. The molecule has 1 saturated heterocycles. The van der Waals surface area contributed by atoms with Crippen LogP contribution in [0.25, 0.3) is 0 Å². The van der Waals surface area contributed by atoms with Gasteiger partial charge in [0.2, 0.25) is 0 Å². The molecule has 0 amide bonds. The smallest absolute Gasteiger partial charge is 0.118 e. The first-order valence-corrected chi connectivity index (χ1v) is 8.13. The number of aryl methyl sites for hydroxylation is 1. The van der Waals surface area contributed by atoms with E-state index in [4.69, 9.17) is 4.42 Å². The summed E-state index contributed by atoms with van der Waals surface area (Å²) in [7, 11) is 0. The summed E-state index contributed by atoms with van der Waals surface area (Å²) in [5.74, 6) is 2.98. The van der Waals surface area contributed by atoms with Crippen LogP contribution in [-0.2, 0) is 13.1 Å². The molecule has 0 radical (unpaired) electrons. The van der Waals surface area contributed by atoms with Crippen molar-refractivity contribution in [1.29, 1.82) is 0 Å². The van der Waals surface area contributed by atoms with E-state index < -0.39 is 0 Å². The minimum Gasteiger partial charge on any atom is -0.465 e. The molecule has 2 rings (SSSR count). The molecule has 0 aromatic carbocycles. The van der Waals surface area contributed by atoms with E-state index in [1.54, 1.807) is 0 Å². The summed E-state index contributed by atoms with van der Waals surface area (Å²) in [5.41, 5.74) is 1.36. The van der Waals surface area contributed by atoms with Crippen molar-refractivity contribution in [2.75, 3.05) is 13.1 Å². The zero-order valence-electron chi connectivity index (χ0n) is 13.5. The van der Waals surface area contributed by atoms with Crippen LogP contribution in [0.4, 0.5) is 0 Å². The minimum atomic E-state index is 0.696. The first kappa shape index (κ1) is 15.6. The maximum atomic E-state index is 5.88. The van der Waals surface area contributed by atoms with E-state index in [1.807, 2.05) is 0 Å². The Morgan fingerprint density at radius 1 is 1.35 bits per heavy atom. The second kappa shape index (κ2) is 7.28. The zero-order valence-corrected chi connectivity index (χ0v) is 13.5. The van der Waals surface area contributed by atoms with Crippen LogP contribution in [0.3, 0.4) is 0 Å². The number of hydrogen-bond acceptors (Lipinski definition) is 3. The quantitative estimate of drug-likeness (QED) is 0.804. The molecule has 1 fully saturated rings. The molecule has 3 heteroatoms. The van der Waals surface area contributed by atoms with Crippen molar-refractivity contribution in [3.8, 4) is 0 Å². The number of furan rings is 1. The summed E-state index contributed by atoms with van der Waals surface area (Å²) in [5, 5.41) is 3.40. The van der Waals surface area contributed by atoms with Gasteiger partial charge in [-0.3, -0.25) is 4.90 Å². The van der Waals surface area contributed by atoms with Crippen molar-refractivity contribution in [2.24, 2.45) is 5.92 Å². The molecule has 1 aromatic heterocycles. The highest BCUT2D eigenvalue weighted by Crippen LogP contribution is 2.25. The molecule has 2 atom stereocenters. The van der Waals surface area contributed by atoms with Gasteiger partial charge in [-0.1, -0.05) is 13.8 Å². The predicted octanol–water partition coefficient (Wildman–Crippen LogP) is 3.71. The Bertz CT molecular complexity index is 413. The molecular formula is C17H30N2O. The zero-order chi connectivity index (χ0) is 14.5. The third-order valence-electron chi connectivity index (χ3n) is 4.42. The molecule has 3 nitrogen and oxygen atoms in total. The van der Waals surface area contributed by atoms with Crippen LogP contribution in [-0.4, -0.2) is 24.0 Å². The molecule has 1 N–H and O–H groups in total. The summed E-state index contributed by atoms with van der Waals surface area (Å²) in [6, 6.07) is 2.94. The van der Waals surface area contributed by atoms with Crippen LogP contribution < -0.4 is 5.32 Å². The number of piperidine rings is 1. The predicted molar refractivity (Wildman–Crippen MR) is 83.7 cm³/mol. The molecule has 0 aliphatic carbocycles. The van der Waals surface area contributed by atoms with E-state index in [9.17, 15) is 0 Å². The fourth-order valence-corrected chi connectivity index (χ4v) is 3.04. The monoisotopic (exact) mass is 278 g/mol. The largest absolute Gasteiger partial charge is 0.465 e.